The predicted molar refractivity (Wildman–Crippen MR) is 67.8 cm³/mol. The molecule has 0 aromatic carbocycles. The van der Waals surface area contributed by atoms with Gasteiger partial charge in [0.2, 0.25) is 0 Å². The van der Waals surface area contributed by atoms with Crippen LogP contribution in [-0.4, -0.2) is 24.3 Å². The molecule has 0 radical (unpaired) electrons. The zero-order chi connectivity index (χ0) is 13.5. The Morgan fingerprint density at radius 3 is 2.50 bits per heavy atom. The quantitative estimate of drug-likeness (QED) is 0.544. The van der Waals surface area contributed by atoms with Gasteiger partial charge in [-0.15, -0.1) is 11.3 Å². The van der Waals surface area contributed by atoms with Crippen LogP contribution in [-0.2, 0) is 9.59 Å². The van der Waals surface area contributed by atoms with Crippen molar-refractivity contribution in [3.63, 3.8) is 0 Å². The molecule has 18 heavy (non-hydrogen) atoms. The van der Waals surface area contributed by atoms with E-state index < -0.39 is 17.7 Å². The van der Waals surface area contributed by atoms with E-state index in [1.54, 1.807) is 17.5 Å². The molecule has 7 heteroatoms. The van der Waals surface area contributed by atoms with Crippen LogP contribution in [0, 0.1) is 5.92 Å². The number of nitrogens with one attached hydrogen (secondary N) is 3. The van der Waals surface area contributed by atoms with Crippen LogP contribution in [0.3, 0.4) is 0 Å². The van der Waals surface area contributed by atoms with Crippen LogP contribution in [0.25, 0.3) is 0 Å². The Bertz CT molecular complexity index is 429. The molecule has 0 bridgehead atoms. The van der Waals surface area contributed by atoms with Crippen LogP contribution >= 0.6 is 11.3 Å². The summed E-state index contributed by atoms with van der Waals surface area (Å²) in [5, 5.41) is 4.18. The number of rotatable bonds is 3. The zero-order valence-corrected chi connectivity index (χ0v) is 11.0. The van der Waals surface area contributed by atoms with Crippen molar-refractivity contribution in [3.8, 4) is 0 Å². The molecule has 0 atom stereocenters. The highest BCUT2D eigenvalue weighted by Crippen LogP contribution is 2.06. The summed E-state index contributed by atoms with van der Waals surface area (Å²) in [5.41, 5.74) is 4.21. The van der Waals surface area contributed by atoms with Gasteiger partial charge in [-0.3, -0.25) is 25.2 Å². The summed E-state index contributed by atoms with van der Waals surface area (Å²) in [6.07, 6.45) is 0. The van der Waals surface area contributed by atoms with Gasteiger partial charge in [0, 0.05) is 6.54 Å². The number of carbonyl (C=O) groups is 3. The first kappa shape index (κ1) is 14.2. The Morgan fingerprint density at radius 2 is 1.94 bits per heavy atom. The number of thiophene rings is 1. The lowest BCUT2D eigenvalue weighted by Gasteiger charge is -2.08. The molecule has 6 nitrogen and oxygen atoms in total. The molecule has 1 rings (SSSR count). The largest absolute Gasteiger partial charge is 0.348 e. The monoisotopic (exact) mass is 269 g/mol. The fourth-order valence-electron chi connectivity index (χ4n) is 1.02. The summed E-state index contributed by atoms with van der Waals surface area (Å²) in [7, 11) is 0. The van der Waals surface area contributed by atoms with Crippen molar-refractivity contribution in [3.05, 3.63) is 22.4 Å². The maximum absolute atomic E-state index is 11.5. The first-order chi connectivity index (χ1) is 8.50. The smallest absolute Gasteiger partial charge is 0.327 e. The lowest BCUT2D eigenvalue weighted by Crippen LogP contribution is -2.48. The highest BCUT2D eigenvalue weighted by atomic mass is 32.1. The molecule has 0 saturated heterocycles. The third kappa shape index (κ3) is 4.54. The molecule has 0 fully saturated rings. The average molecular weight is 269 g/mol. The van der Waals surface area contributed by atoms with Crippen molar-refractivity contribution in [1.82, 2.24) is 16.2 Å². The van der Waals surface area contributed by atoms with Gasteiger partial charge in [-0.2, -0.15) is 0 Å². The van der Waals surface area contributed by atoms with Crippen LogP contribution in [0.15, 0.2) is 17.5 Å². The molecule has 0 spiro atoms. The Labute approximate surface area is 109 Å². The number of hydrogen-bond acceptors (Lipinski definition) is 4. The van der Waals surface area contributed by atoms with Crippen LogP contribution in [0.5, 0.6) is 0 Å². The summed E-state index contributed by atoms with van der Waals surface area (Å²) in [6.45, 7) is 4.23. The molecular weight excluding hydrogens is 254 g/mol. The lowest BCUT2D eigenvalue weighted by atomic mass is 10.2. The molecule has 0 saturated carbocycles. The number of hydrogen-bond donors (Lipinski definition) is 3. The van der Waals surface area contributed by atoms with Crippen molar-refractivity contribution in [2.24, 2.45) is 5.92 Å². The van der Waals surface area contributed by atoms with E-state index in [0.717, 1.165) is 0 Å². The van der Waals surface area contributed by atoms with E-state index in [1.165, 1.54) is 11.3 Å². The second kappa shape index (κ2) is 6.75. The summed E-state index contributed by atoms with van der Waals surface area (Å²) in [5.74, 6) is -1.85. The van der Waals surface area contributed by atoms with Gasteiger partial charge in [-0.05, 0) is 17.4 Å². The molecule has 3 N–H and O–H groups in total. The van der Waals surface area contributed by atoms with Gasteiger partial charge >= 0.3 is 11.8 Å². The van der Waals surface area contributed by atoms with Gasteiger partial charge < -0.3 is 5.32 Å². The Balaban J connectivity index is 2.32. The number of hydrazine groups is 1. The predicted octanol–water partition coefficient (Wildman–Crippen LogP) is 0.281. The summed E-state index contributed by atoms with van der Waals surface area (Å²) in [6, 6.07) is 3.34. The highest BCUT2D eigenvalue weighted by Gasteiger charge is 2.14. The fraction of sp³-hybridized carbons (Fsp3) is 0.364. The molecule has 1 aromatic rings. The molecule has 1 aromatic heterocycles. The third-order valence-electron chi connectivity index (χ3n) is 1.91. The summed E-state index contributed by atoms with van der Waals surface area (Å²) in [4.78, 5) is 34.5. The molecule has 98 valence electrons. The normalized spacial score (nSPS) is 9.94. The minimum absolute atomic E-state index is 0.252. The first-order valence-corrected chi connectivity index (χ1v) is 6.30. The van der Waals surface area contributed by atoms with E-state index in [9.17, 15) is 14.4 Å². The molecular formula is C11H15N3O3S. The Kier molecular flexibility index (Phi) is 5.31. The van der Waals surface area contributed by atoms with Crippen molar-refractivity contribution in [1.29, 1.82) is 0 Å². The summed E-state index contributed by atoms with van der Waals surface area (Å²) >= 11 is 1.24. The van der Waals surface area contributed by atoms with Crippen molar-refractivity contribution >= 4 is 29.1 Å². The maximum Gasteiger partial charge on any atom is 0.327 e. The van der Waals surface area contributed by atoms with Gasteiger partial charge in [0.15, 0.2) is 0 Å². The van der Waals surface area contributed by atoms with E-state index >= 15 is 0 Å². The molecule has 3 amide bonds. The minimum atomic E-state index is -0.888. The second-order valence-electron chi connectivity index (χ2n) is 3.99. The standard InChI is InChI=1S/C11H15N3O3S/c1-7(2)6-12-10(16)11(17)14-13-9(15)8-4-3-5-18-8/h3-5,7H,6H2,1-2H3,(H,12,16)(H,13,15)(H,14,17). The third-order valence-corrected chi connectivity index (χ3v) is 2.78. The molecule has 0 aliphatic rings. The average Bonchev–Trinajstić information content (AvgIpc) is 2.86. The second-order valence-corrected chi connectivity index (χ2v) is 4.94. The zero-order valence-electron chi connectivity index (χ0n) is 10.1. The van der Waals surface area contributed by atoms with Crippen LogP contribution in [0.2, 0.25) is 0 Å². The lowest BCUT2D eigenvalue weighted by molar-refractivity contribution is -0.139. The van der Waals surface area contributed by atoms with Crippen molar-refractivity contribution in [2.75, 3.05) is 6.54 Å². The van der Waals surface area contributed by atoms with Gasteiger partial charge in [-0.25, -0.2) is 0 Å². The van der Waals surface area contributed by atoms with Gasteiger partial charge in [0.25, 0.3) is 5.91 Å². The van der Waals surface area contributed by atoms with Gasteiger partial charge in [0.05, 0.1) is 4.88 Å². The molecule has 1 heterocycles. The van der Waals surface area contributed by atoms with E-state index in [1.807, 2.05) is 13.8 Å². The van der Waals surface area contributed by atoms with Crippen LogP contribution < -0.4 is 16.2 Å². The SMILES string of the molecule is CC(C)CNC(=O)C(=O)NNC(=O)c1cccs1. The van der Waals surface area contributed by atoms with Crippen molar-refractivity contribution < 1.29 is 14.4 Å². The highest BCUT2D eigenvalue weighted by molar-refractivity contribution is 7.12. The van der Waals surface area contributed by atoms with Crippen LogP contribution in [0.4, 0.5) is 0 Å². The van der Waals surface area contributed by atoms with E-state index in [2.05, 4.69) is 16.2 Å². The Hall–Kier alpha value is -1.89. The molecule has 0 aliphatic carbocycles. The van der Waals surface area contributed by atoms with Crippen LogP contribution in [0.1, 0.15) is 23.5 Å². The van der Waals surface area contributed by atoms with Gasteiger partial charge in [-0.1, -0.05) is 19.9 Å². The van der Waals surface area contributed by atoms with E-state index in [4.69, 9.17) is 0 Å². The summed E-state index contributed by atoms with van der Waals surface area (Å²) < 4.78 is 0. The van der Waals surface area contributed by atoms with Crippen molar-refractivity contribution in [2.45, 2.75) is 13.8 Å². The molecule has 0 unspecified atom stereocenters. The first-order valence-electron chi connectivity index (χ1n) is 5.42. The molecule has 0 aliphatic heterocycles. The Morgan fingerprint density at radius 1 is 1.22 bits per heavy atom. The maximum atomic E-state index is 11.5. The number of amides is 3. The fourth-order valence-corrected chi connectivity index (χ4v) is 1.64. The van der Waals surface area contributed by atoms with Gasteiger partial charge in [0.1, 0.15) is 0 Å². The topological polar surface area (TPSA) is 87.3 Å². The minimum Gasteiger partial charge on any atom is -0.348 e. The van der Waals surface area contributed by atoms with E-state index in [-0.39, 0.29) is 5.92 Å². The van der Waals surface area contributed by atoms with E-state index in [0.29, 0.717) is 11.4 Å². The number of carbonyl (C=O) groups excluding carboxylic acids is 3.